The summed E-state index contributed by atoms with van der Waals surface area (Å²) >= 11 is 0. The van der Waals surface area contributed by atoms with Crippen LogP contribution in [0, 0.1) is 0 Å². The molecule has 3 aromatic carbocycles. The van der Waals surface area contributed by atoms with Crippen molar-refractivity contribution in [3.05, 3.63) is 95.6 Å². The van der Waals surface area contributed by atoms with Gasteiger partial charge in [-0.15, -0.1) is 0 Å². The zero-order valence-corrected chi connectivity index (χ0v) is 15.9. The molecular weight excluding hydrogens is 352 g/mol. The van der Waals surface area contributed by atoms with Crippen LogP contribution in [0.15, 0.2) is 78.9 Å². The van der Waals surface area contributed by atoms with Crippen LogP contribution in [0.2, 0.25) is 0 Å². The second kappa shape index (κ2) is 8.86. The Labute approximate surface area is 164 Å². The van der Waals surface area contributed by atoms with Crippen molar-refractivity contribution in [3.63, 3.8) is 0 Å². The molecule has 28 heavy (non-hydrogen) atoms. The Morgan fingerprint density at radius 1 is 0.893 bits per heavy atom. The number of carbonyl (C=O) groups is 2. The highest BCUT2D eigenvalue weighted by molar-refractivity contribution is 6.06. The summed E-state index contributed by atoms with van der Waals surface area (Å²) in [5, 5.41) is 2.82. The van der Waals surface area contributed by atoms with Gasteiger partial charge < -0.3 is 15.0 Å². The van der Waals surface area contributed by atoms with Crippen molar-refractivity contribution in [3.8, 4) is 5.75 Å². The molecule has 0 aliphatic carbocycles. The fourth-order valence-corrected chi connectivity index (χ4v) is 2.85. The second-order valence-corrected chi connectivity index (χ2v) is 6.41. The molecule has 0 unspecified atom stereocenters. The second-order valence-electron chi connectivity index (χ2n) is 6.41. The van der Waals surface area contributed by atoms with E-state index in [9.17, 15) is 9.59 Å². The van der Waals surface area contributed by atoms with E-state index in [0.717, 1.165) is 5.56 Å². The van der Waals surface area contributed by atoms with Gasteiger partial charge in [0.05, 0.1) is 7.11 Å². The van der Waals surface area contributed by atoms with Crippen molar-refractivity contribution >= 4 is 17.5 Å². The van der Waals surface area contributed by atoms with E-state index in [0.29, 0.717) is 29.1 Å². The molecule has 3 rings (SSSR count). The minimum atomic E-state index is -0.284. The average molecular weight is 374 g/mol. The number of nitrogens with one attached hydrogen (secondary N) is 1. The Morgan fingerprint density at radius 3 is 2.36 bits per heavy atom. The Hall–Kier alpha value is -3.60. The molecule has 3 aromatic rings. The Kier molecular flexibility index (Phi) is 6.07. The first-order chi connectivity index (χ1) is 13.6. The zero-order valence-electron chi connectivity index (χ0n) is 15.9. The van der Waals surface area contributed by atoms with Crippen LogP contribution in [0.4, 0.5) is 5.69 Å². The van der Waals surface area contributed by atoms with Gasteiger partial charge in [-0.25, -0.2) is 0 Å². The van der Waals surface area contributed by atoms with Gasteiger partial charge in [-0.2, -0.15) is 0 Å². The quantitative estimate of drug-likeness (QED) is 0.703. The van der Waals surface area contributed by atoms with Crippen LogP contribution in [-0.2, 0) is 6.54 Å². The molecule has 0 aromatic heterocycles. The summed E-state index contributed by atoms with van der Waals surface area (Å²) in [5.74, 6) is 0.234. The molecule has 0 heterocycles. The predicted octanol–water partition coefficient (Wildman–Crippen LogP) is 4.22. The molecule has 0 saturated carbocycles. The highest BCUT2D eigenvalue weighted by Crippen LogP contribution is 2.18. The molecule has 0 spiro atoms. The minimum absolute atomic E-state index is 0.139. The van der Waals surface area contributed by atoms with Gasteiger partial charge in [-0.1, -0.05) is 42.5 Å². The van der Waals surface area contributed by atoms with Gasteiger partial charge >= 0.3 is 0 Å². The third-order valence-electron chi connectivity index (χ3n) is 4.31. The Balaban J connectivity index is 1.72. The summed E-state index contributed by atoms with van der Waals surface area (Å²) in [5.41, 5.74) is 2.56. The van der Waals surface area contributed by atoms with Crippen molar-refractivity contribution in [2.45, 2.75) is 6.54 Å². The summed E-state index contributed by atoms with van der Waals surface area (Å²) < 4.78 is 5.17. The third kappa shape index (κ3) is 4.76. The zero-order chi connectivity index (χ0) is 19.9. The third-order valence-corrected chi connectivity index (χ3v) is 4.31. The SMILES string of the molecule is COc1cccc(NC(=O)c2cccc(C(=O)N(C)Cc3ccccc3)c2)c1. The van der Waals surface area contributed by atoms with Crippen LogP contribution in [-0.4, -0.2) is 30.9 Å². The maximum absolute atomic E-state index is 12.7. The molecule has 0 bridgehead atoms. The molecule has 142 valence electrons. The van der Waals surface area contributed by atoms with E-state index < -0.39 is 0 Å². The number of amides is 2. The number of hydrogen-bond acceptors (Lipinski definition) is 3. The molecule has 0 aliphatic heterocycles. The first kappa shape index (κ1) is 19.2. The van der Waals surface area contributed by atoms with Gasteiger partial charge in [-0.05, 0) is 35.9 Å². The van der Waals surface area contributed by atoms with Gasteiger partial charge in [0.2, 0.25) is 0 Å². The maximum Gasteiger partial charge on any atom is 0.255 e. The van der Waals surface area contributed by atoms with E-state index in [-0.39, 0.29) is 11.8 Å². The molecule has 0 radical (unpaired) electrons. The summed E-state index contributed by atoms with van der Waals surface area (Å²) in [6.07, 6.45) is 0. The van der Waals surface area contributed by atoms with E-state index in [4.69, 9.17) is 4.74 Å². The number of anilines is 1. The van der Waals surface area contributed by atoms with E-state index >= 15 is 0 Å². The van der Waals surface area contributed by atoms with Gasteiger partial charge in [-0.3, -0.25) is 9.59 Å². The van der Waals surface area contributed by atoms with Gasteiger partial charge in [0, 0.05) is 36.5 Å². The topological polar surface area (TPSA) is 58.6 Å². The van der Waals surface area contributed by atoms with Crippen LogP contribution in [0.25, 0.3) is 0 Å². The van der Waals surface area contributed by atoms with Crippen LogP contribution >= 0.6 is 0 Å². The molecule has 0 atom stereocenters. The number of benzene rings is 3. The van der Waals surface area contributed by atoms with Crippen LogP contribution in [0.3, 0.4) is 0 Å². The lowest BCUT2D eigenvalue weighted by molar-refractivity contribution is 0.0785. The van der Waals surface area contributed by atoms with Gasteiger partial charge in [0.15, 0.2) is 0 Å². The first-order valence-electron chi connectivity index (χ1n) is 8.91. The summed E-state index contributed by atoms with van der Waals surface area (Å²) in [6, 6.07) is 23.6. The molecule has 5 heteroatoms. The number of nitrogens with zero attached hydrogens (tertiary/aromatic N) is 1. The lowest BCUT2D eigenvalue weighted by Gasteiger charge is -2.17. The van der Waals surface area contributed by atoms with Crippen molar-refractivity contribution in [1.82, 2.24) is 4.90 Å². The first-order valence-corrected chi connectivity index (χ1v) is 8.91. The van der Waals surface area contributed by atoms with Crippen LogP contribution in [0.5, 0.6) is 5.75 Å². The molecule has 0 saturated heterocycles. The lowest BCUT2D eigenvalue weighted by atomic mass is 10.1. The normalized spacial score (nSPS) is 10.2. The average Bonchev–Trinajstić information content (AvgIpc) is 2.74. The molecule has 0 fully saturated rings. The highest BCUT2D eigenvalue weighted by atomic mass is 16.5. The molecule has 0 aliphatic rings. The molecule has 1 N–H and O–H groups in total. The van der Waals surface area contributed by atoms with E-state index in [1.807, 2.05) is 30.3 Å². The minimum Gasteiger partial charge on any atom is -0.497 e. The molecule has 2 amide bonds. The van der Waals surface area contributed by atoms with Crippen LogP contribution < -0.4 is 10.1 Å². The standard InChI is InChI=1S/C23H22N2O3/c1-25(16-17-8-4-3-5-9-17)23(27)19-11-6-10-18(14-19)22(26)24-20-12-7-13-21(15-20)28-2/h3-15H,16H2,1-2H3,(H,24,26). The maximum atomic E-state index is 12.7. The number of hydrogen-bond donors (Lipinski definition) is 1. The summed E-state index contributed by atoms with van der Waals surface area (Å²) in [7, 11) is 3.32. The van der Waals surface area contributed by atoms with E-state index in [1.54, 1.807) is 67.6 Å². The number of methoxy groups -OCH3 is 1. The molecular formula is C23H22N2O3. The lowest BCUT2D eigenvalue weighted by Crippen LogP contribution is -2.26. The Morgan fingerprint density at radius 2 is 1.61 bits per heavy atom. The van der Waals surface area contributed by atoms with Gasteiger partial charge in [0.1, 0.15) is 5.75 Å². The smallest absolute Gasteiger partial charge is 0.255 e. The van der Waals surface area contributed by atoms with E-state index in [1.165, 1.54) is 0 Å². The van der Waals surface area contributed by atoms with Crippen molar-refractivity contribution in [1.29, 1.82) is 0 Å². The van der Waals surface area contributed by atoms with Crippen molar-refractivity contribution < 1.29 is 14.3 Å². The number of ether oxygens (including phenoxy) is 1. The fraction of sp³-hybridized carbons (Fsp3) is 0.130. The summed E-state index contributed by atoms with van der Waals surface area (Å²) in [4.78, 5) is 26.9. The Bertz CT molecular complexity index is 970. The van der Waals surface area contributed by atoms with Gasteiger partial charge in [0.25, 0.3) is 11.8 Å². The predicted molar refractivity (Wildman–Crippen MR) is 110 cm³/mol. The van der Waals surface area contributed by atoms with Crippen molar-refractivity contribution in [2.75, 3.05) is 19.5 Å². The largest absolute Gasteiger partial charge is 0.497 e. The monoisotopic (exact) mass is 374 g/mol. The summed E-state index contributed by atoms with van der Waals surface area (Å²) in [6.45, 7) is 0.500. The van der Waals surface area contributed by atoms with Crippen molar-refractivity contribution in [2.24, 2.45) is 0 Å². The number of carbonyl (C=O) groups excluding carboxylic acids is 2. The number of rotatable bonds is 6. The van der Waals surface area contributed by atoms with E-state index in [2.05, 4.69) is 5.32 Å². The fourth-order valence-electron chi connectivity index (χ4n) is 2.85. The highest BCUT2D eigenvalue weighted by Gasteiger charge is 2.15. The van der Waals surface area contributed by atoms with Crippen LogP contribution in [0.1, 0.15) is 26.3 Å². The molecule has 5 nitrogen and oxygen atoms in total.